The van der Waals surface area contributed by atoms with Gasteiger partial charge in [0.15, 0.2) is 0 Å². The largest absolute Gasteiger partial charge is 0.506 e. The minimum atomic E-state index is -0.396. The zero-order chi connectivity index (χ0) is 19.1. The van der Waals surface area contributed by atoms with Gasteiger partial charge in [-0.15, -0.1) is 0 Å². The van der Waals surface area contributed by atoms with E-state index in [1.165, 1.54) is 6.21 Å². The number of nitrogens with one attached hydrogen (secondary N) is 2. The van der Waals surface area contributed by atoms with Gasteiger partial charge in [-0.05, 0) is 61.7 Å². The van der Waals surface area contributed by atoms with Crippen molar-refractivity contribution in [1.29, 1.82) is 0 Å². The quantitative estimate of drug-likeness (QED) is 0.402. The fourth-order valence-corrected chi connectivity index (χ4v) is 3.30. The molecular weight excluding hydrogens is 489 g/mol. The molecule has 0 saturated carbocycles. The number of halogens is 3. The molecular formula is C17H14Br2ClN3O3. The summed E-state index contributed by atoms with van der Waals surface area (Å²) in [6, 6.07) is 10.1. The van der Waals surface area contributed by atoms with E-state index in [1.54, 1.807) is 36.4 Å². The van der Waals surface area contributed by atoms with E-state index < -0.39 is 5.91 Å². The molecule has 0 aromatic heterocycles. The molecule has 3 N–H and O–H groups in total. The molecule has 2 aromatic carbocycles. The Bertz CT molecular complexity index is 836. The van der Waals surface area contributed by atoms with E-state index in [2.05, 4.69) is 47.7 Å². The predicted octanol–water partition coefficient (Wildman–Crippen LogP) is 4.44. The Morgan fingerprint density at radius 2 is 1.73 bits per heavy atom. The van der Waals surface area contributed by atoms with E-state index in [1.807, 2.05) is 0 Å². The number of phenols is 1. The molecule has 9 heteroatoms. The number of hydrazone groups is 1. The molecule has 6 nitrogen and oxygen atoms in total. The summed E-state index contributed by atoms with van der Waals surface area (Å²) in [7, 11) is 0. The lowest BCUT2D eigenvalue weighted by atomic mass is 10.2. The smallest absolute Gasteiger partial charge is 0.240 e. The third-order valence-electron chi connectivity index (χ3n) is 3.17. The molecule has 136 valence electrons. The van der Waals surface area contributed by atoms with Crippen molar-refractivity contribution in [2.45, 2.75) is 12.8 Å². The van der Waals surface area contributed by atoms with Crippen LogP contribution >= 0.6 is 43.5 Å². The van der Waals surface area contributed by atoms with Gasteiger partial charge in [0, 0.05) is 12.8 Å². The normalized spacial score (nSPS) is 10.7. The van der Waals surface area contributed by atoms with E-state index in [4.69, 9.17) is 11.6 Å². The van der Waals surface area contributed by atoms with Gasteiger partial charge in [0.25, 0.3) is 0 Å². The second-order valence-electron chi connectivity index (χ2n) is 5.15. The molecule has 0 atom stereocenters. The van der Waals surface area contributed by atoms with Crippen LogP contribution in [0.25, 0.3) is 0 Å². The molecule has 0 aliphatic heterocycles. The number of amides is 2. The molecule has 0 heterocycles. The molecule has 2 rings (SSSR count). The van der Waals surface area contributed by atoms with Crippen molar-refractivity contribution in [1.82, 2.24) is 5.43 Å². The Morgan fingerprint density at radius 1 is 1.12 bits per heavy atom. The number of anilines is 1. The van der Waals surface area contributed by atoms with Crippen LogP contribution in [0.2, 0.25) is 5.02 Å². The fourth-order valence-electron chi connectivity index (χ4n) is 1.90. The minimum absolute atomic E-state index is 0.00286. The number of nitrogens with zero attached hydrogens (tertiary/aromatic N) is 1. The van der Waals surface area contributed by atoms with Crippen LogP contribution in [0.3, 0.4) is 0 Å². The van der Waals surface area contributed by atoms with Crippen LogP contribution in [0.5, 0.6) is 5.75 Å². The number of carbonyl (C=O) groups excluding carboxylic acids is 2. The van der Waals surface area contributed by atoms with Gasteiger partial charge in [0.1, 0.15) is 5.75 Å². The van der Waals surface area contributed by atoms with Crippen molar-refractivity contribution in [2.24, 2.45) is 5.10 Å². The van der Waals surface area contributed by atoms with Gasteiger partial charge < -0.3 is 10.4 Å². The molecule has 2 aromatic rings. The predicted molar refractivity (Wildman–Crippen MR) is 109 cm³/mol. The van der Waals surface area contributed by atoms with Crippen LogP contribution in [0.15, 0.2) is 50.4 Å². The number of hydrogen-bond acceptors (Lipinski definition) is 4. The second kappa shape index (κ2) is 9.70. The molecule has 0 saturated heterocycles. The van der Waals surface area contributed by atoms with Crippen LogP contribution in [0, 0.1) is 0 Å². The molecule has 0 aliphatic rings. The average molecular weight is 504 g/mol. The summed E-state index contributed by atoms with van der Waals surface area (Å²) in [6.45, 7) is 0. The number of benzene rings is 2. The topological polar surface area (TPSA) is 90.8 Å². The third kappa shape index (κ3) is 6.12. The maximum Gasteiger partial charge on any atom is 0.240 e. The summed E-state index contributed by atoms with van der Waals surface area (Å²) in [6.07, 6.45) is 1.41. The highest BCUT2D eigenvalue weighted by molar-refractivity contribution is 9.11. The SMILES string of the molecule is O=C(CCC(=O)Nc1ccccc1Cl)N/N=C\c1cc(Br)c(O)c(Br)c1. The standard InChI is InChI=1S/C17H14Br2ClN3O3/c18-11-7-10(8-12(19)17(11)26)9-21-23-16(25)6-5-15(24)22-14-4-2-1-3-13(14)20/h1-4,7-9,26H,5-6H2,(H,22,24)(H,23,25)/b21-9-. The van der Waals surface area contributed by atoms with Gasteiger partial charge in [0.05, 0.1) is 25.9 Å². The van der Waals surface area contributed by atoms with E-state index in [9.17, 15) is 14.7 Å². The second-order valence-corrected chi connectivity index (χ2v) is 7.27. The van der Waals surface area contributed by atoms with E-state index in [0.717, 1.165) is 0 Å². The zero-order valence-electron chi connectivity index (χ0n) is 13.3. The van der Waals surface area contributed by atoms with Crippen molar-refractivity contribution in [3.8, 4) is 5.75 Å². The number of rotatable bonds is 6. The van der Waals surface area contributed by atoms with Crippen LogP contribution in [0.1, 0.15) is 18.4 Å². The molecule has 0 unspecified atom stereocenters. The summed E-state index contributed by atoms with van der Waals surface area (Å²) in [5, 5.41) is 16.5. The number of para-hydroxylation sites is 1. The third-order valence-corrected chi connectivity index (χ3v) is 4.71. The first-order valence-electron chi connectivity index (χ1n) is 7.41. The first-order valence-corrected chi connectivity index (χ1v) is 9.37. The first-order chi connectivity index (χ1) is 12.4. The highest BCUT2D eigenvalue weighted by atomic mass is 79.9. The maximum atomic E-state index is 11.8. The Morgan fingerprint density at radius 3 is 2.38 bits per heavy atom. The lowest BCUT2D eigenvalue weighted by Crippen LogP contribution is -2.20. The Labute approximate surface area is 171 Å². The van der Waals surface area contributed by atoms with E-state index in [-0.39, 0.29) is 24.5 Å². The lowest BCUT2D eigenvalue weighted by molar-refractivity contribution is -0.124. The van der Waals surface area contributed by atoms with Gasteiger partial charge >= 0.3 is 0 Å². The summed E-state index contributed by atoms with van der Waals surface area (Å²) in [5.41, 5.74) is 3.51. The van der Waals surface area contributed by atoms with Gasteiger partial charge in [0.2, 0.25) is 11.8 Å². The zero-order valence-corrected chi connectivity index (χ0v) is 17.2. The number of carbonyl (C=O) groups is 2. The highest BCUT2D eigenvalue weighted by Crippen LogP contribution is 2.32. The molecule has 0 spiro atoms. The minimum Gasteiger partial charge on any atom is -0.506 e. The average Bonchev–Trinajstić information content (AvgIpc) is 2.60. The van der Waals surface area contributed by atoms with Crippen molar-refractivity contribution >= 4 is 67.2 Å². The molecule has 0 radical (unpaired) electrons. The Balaban J connectivity index is 1.80. The number of phenolic OH excluding ortho intramolecular Hbond substituents is 1. The fraction of sp³-hybridized carbons (Fsp3) is 0.118. The summed E-state index contributed by atoms with van der Waals surface area (Å²) in [4.78, 5) is 23.6. The van der Waals surface area contributed by atoms with Gasteiger partial charge in [-0.25, -0.2) is 5.43 Å². The molecule has 0 bridgehead atoms. The van der Waals surface area contributed by atoms with Crippen molar-refractivity contribution in [3.05, 3.63) is 55.9 Å². The molecule has 2 amide bonds. The molecule has 0 aliphatic carbocycles. The maximum absolute atomic E-state index is 11.8. The van der Waals surface area contributed by atoms with E-state index >= 15 is 0 Å². The summed E-state index contributed by atoms with van der Waals surface area (Å²) >= 11 is 12.4. The molecule has 26 heavy (non-hydrogen) atoms. The van der Waals surface area contributed by atoms with Crippen LogP contribution in [0.4, 0.5) is 5.69 Å². The number of hydrogen-bond donors (Lipinski definition) is 3. The first kappa shape index (κ1) is 20.4. The molecule has 0 fully saturated rings. The van der Waals surface area contributed by atoms with Gasteiger partial charge in [-0.1, -0.05) is 23.7 Å². The van der Waals surface area contributed by atoms with E-state index in [0.29, 0.717) is 25.2 Å². The summed E-state index contributed by atoms with van der Waals surface area (Å²) in [5.74, 6) is -0.633. The van der Waals surface area contributed by atoms with Crippen LogP contribution < -0.4 is 10.7 Å². The van der Waals surface area contributed by atoms with Crippen molar-refractivity contribution in [3.63, 3.8) is 0 Å². The summed E-state index contributed by atoms with van der Waals surface area (Å²) < 4.78 is 0.992. The highest BCUT2D eigenvalue weighted by Gasteiger charge is 2.08. The van der Waals surface area contributed by atoms with Crippen molar-refractivity contribution < 1.29 is 14.7 Å². The van der Waals surface area contributed by atoms with Crippen LogP contribution in [-0.4, -0.2) is 23.1 Å². The lowest BCUT2D eigenvalue weighted by Gasteiger charge is -2.06. The van der Waals surface area contributed by atoms with Gasteiger partial charge in [-0.2, -0.15) is 5.10 Å². The van der Waals surface area contributed by atoms with Gasteiger partial charge in [-0.3, -0.25) is 9.59 Å². The monoisotopic (exact) mass is 501 g/mol. The van der Waals surface area contributed by atoms with Crippen LogP contribution in [-0.2, 0) is 9.59 Å². The van der Waals surface area contributed by atoms with Crippen molar-refractivity contribution in [2.75, 3.05) is 5.32 Å². The Kier molecular flexibility index (Phi) is 7.62. The Hall–Kier alpha value is -1.90. The number of aromatic hydroxyl groups is 1.